The van der Waals surface area contributed by atoms with E-state index in [0.29, 0.717) is 6.04 Å². The summed E-state index contributed by atoms with van der Waals surface area (Å²) >= 11 is 0. The van der Waals surface area contributed by atoms with Gasteiger partial charge in [-0.2, -0.15) is 0 Å². The average molecular weight is 222 g/mol. The molecule has 1 aromatic rings. The van der Waals surface area contributed by atoms with Crippen LogP contribution in [0, 0.1) is 0 Å². The predicted molar refractivity (Wildman–Crippen MR) is 58.7 cm³/mol. The Kier molecular flexibility index (Phi) is 3.00. The molecule has 1 saturated heterocycles. The van der Waals surface area contributed by atoms with Gasteiger partial charge in [0.25, 0.3) is 0 Å². The molecule has 2 rings (SSSR count). The van der Waals surface area contributed by atoms with Crippen LogP contribution in [0.25, 0.3) is 0 Å². The largest absolute Gasteiger partial charge is 0.476 e. The second-order valence-electron chi connectivity index (χ2n) is 3.79. The lowest BCUT2D eigenvalue weighted by Gasteiger charge is -2.16. The van der Waals surface area contributed by atoms with E-state index >= 15 is 0 Å². The van der Waals surface area contributed by atoms with Crippen LogP contribution in [0.1, 0.15) is 16.9 Å². The third-order valence-electron chi connectivity index (χ3n) is 2.78. The number of aromatic carboxylic acids is 1. The van der Waals surface area contributed by atoms with Gasteiger partial charge in [0.15, 0.2) is 5.69 Å². The van der Waals surface area contributed by atoms with E-state index in [1.807, 2.05) is 7.05 Å². The average Bonchev–Trinajstić information content (AvgIpc) is 2.77. The number of likely N-dealkylation sites (N-methyl/N-ethyl adjacent to an activating group) is 1. The summed E-state index contributed by atoms with van der Waals surface area (Å²) in [5, 5.41) is 11.9. The van der Waals surface area contributed by atoms with Crippen molar-refractivity contribution in [1.29, 1.82) is 0 Å². The van der Waals surface area contributed by atoms with Gasteiger partial charge in [-0.25, -0.2) is 14.8 Å². The molecular weight excluding hydrogens is 208 g/mol. The standard InChI is InChI=1S/C10H14N4O2/c1-11-7-2-3-14(6-7)9-5-12-8(4-13-9)10(15)16/h4-5,7,11H,2-3,6H2,1H3,(H,15,16)/t7-/m1/s1. The highest BCUT2D eigenvalue weighted by Crippen LogP contribution is 2.16. The molecule has 1 atom stereocenters. The molecular formula is C10H14N4O2. The van der Waals surface area contributed by atoms with E-state index in [2.05, 4.69) is 20.2 Å². The Morgan fingerprint density at radius 1 is 1.56 bits per heavy atom. The van der Waals surface area contributed by atoms with Crippen LogP contribution in [0.3, 0.4) is 0 Å². The minimum Gasteiger partial charge on any atom is -0.476 e. The number of hydrogen-bond acceptors (Lipinski definition) is 5. The van der Waals surface area contributed by atoms with Gasteiger partial charge in [-0.1, -0.05) is 0 Å². The zero-order valence-corrected chi connectivity index (χ0v) is 9.05. The highest BCUT2D eigenvalue weighted by atomic mass is 16.4. The van der Waals surface area contributed by atoms with Crippen molar-refractivity contribution < 1.29 is 9.90 Å². The molecule has 1 aliphatic rings. The molecule has 0 aromatic carbocycles. The highest BCUT2D eigenvalue weighted by Gasteiger charge is 2.22. The molecule has 0 amide bonds. The molecule has 0 saturated carbocycles. The molecule has 6 nitrogen and oxygen atoms in total. The van der Waals surface area contributed by atoms with E-state index in [1.165, 1.54) is 12.4 Å². The highest BCUT2D eigenvalue weighted by molar-refractivity contribution is 5.84. The van der Waals surface area contributed by atoms with Crippen molar-refractivity contribution in [1.82, 2.24) is 15.3 Å². The second kappa shape index (κ2) is 4.44. The number of nitrogens with one attached hydrogen (secondary N) is 1. The summed E-state index contributed by atoms with van der Waals surface area (Å²) in [6, 6.07) is 0.473. The lowest BCUT2D eigenvalue weighted by molar-refractivity contribution is 0.0690. The van der Waals surface area contributed by atoms with Gasteiger partial charge >= 0.3 is 5.97 Å². The van der Waals surface area contributed by atoms with Gasteiger partial charge in [-0.15, -0.1) is 0 Å². The van der Waals surface area contributed by atoms with Crippen LogP contribution >= 0.6 is 0 Å². The van der Waals surface area contributed by atoms with Crippen LogP contribution in [0.4, 0.5) is 5.82 Å². The topological polar surface area (TPSA) is 78.4 Å². The van der Waals surface area contributed by atoms with Gasteiger partial charge < -0.3 is 15.3 Å². The second-order valence-corrected chi connectivity index (χ2v) is 3.79. The van der Waals surface area contributed by atoms with Crippen LogP contribution in [0.15, 0.2) is 12.4 Å². The molecule has 2 heterocycles. The summed E-state index contributed by atoms with van der Waals surface area (Å²) in [6.07, 6.45) is 3.88. The quantitative estimate of drug-likeness (QED) is 0.748. The molecule has 16 heavy (non-hydrogen) atoms. The van der Waals surface area contributed by atoms with E-state index in [4.69, 9.17) is 5.11 Å². The van der Waals surface area contributed by atoms with Gasteiger partial charge in [0.2, 0.25) is 0 Å². The number of carboxylic acids is 1. The number of anilines is 1. The minimum absolute atomic E-state index is 0.0203. The van der Waals surface area contributed by atoms with Gasteiger partial charge in [0, 0.05) is 19.1 Å². The van der Waals surface area contributed by atoms with Crippen molar-refractivity contribution in [2.45, 2.75) is 12.5 Å². The van der Waals surface area contributed by atoms with Gasteiger partial charge in [-0.3, -0.25) is 0 Å². The number of aromatic nitrogens is 2. The van der Waals surface area contributed by atoms with Crippen molar-refractivity contribution in [2.75, 3.05) is 25.0 Å². The van der Waals surface area contributed by atoms with Gasteiger partial charge in [0.1, 0.15) is 5.82 Å². The first kappa shape index (κ1) is 10.8. The summed E-state index contributed by atoms with van der Waals surface area (Å²) in [6.45, 7) is 1.81. The van der Waals surface area contributed by atoms with E-state index < -0.39 is 5.97 Å². The Balaban J connectivity index is 2.08. The van der Waals surface area contributed by atoms with Crippen molar-refractivity contribution in [3.63, 3.8) is 0 Å². The van der Waals surface area contributed by atoms with Crippen LogP contribution in [0.2, 0.25) is 0 Å². The molecule has 0 spiro atoms. The van der Waals surface area contributed by atoms with Crippen molar-refractivity contribution in [3.05, 3.63) is 18.1 Å². The van der Waals surface area contributed by atoms with Crippen molar-refractivity contribution >= 4 is 11.8 Å². The Bertz CT molecular complexity index is 379. The number of hydrogen-bond donors (Lipinski definition) is 2. The van der Waals surface area contributed by atoms with E-state index in [-0.39, 0.29) is 5.69 Å². The minimum atomic E-state index is -1.05. The molecule has 0 radical (unpaired) electrons. The smallest absolute Gasteiger partial charge is 0.356 e. The third-order valence-corrected chi connectivity index (χ3v) is 2.78. The van der Waals surface area contributed by atoms with Crippen molar-refractivity contribution in [2.24, 2.45) is 0 Å². The molecule has 0 bridgehead atoms. The Hall–Kier alpha value is -1.69. The molecule has 0 unspecified atom stereocenters. The third kappa shape index (κ3) is 2.11. The first-order valence-electron chi connectivity index (χ1n) is 5.18. The number of nitrogens with zero attached hydrogens (tertiary/aromatic N) is 3. The number of carbonyl (C=O) groups is 1. The summed E-state index contributed by atoms with van der Waals surface area (Å²) < 4.78 is 0. The predicted octanol–water partition coefficient (Wildman–Crippen LogP) is -0.0271. The normalized spacial score (nSPS) is 20.1. The van der Waals surface area contributed by atoms with Gasteiger partial charge in [-0.05, 0) is 13.5 Å². The summed E-state index contributed by atoms with van der Waals surface area (Å²) in [5.74, 6) is -0.309. The summed E-state index contributed by atoms with van der Waals surface area (Å²) in [7, 11) is 1.94. The zero-order valence-electron chi connectivity index (χ0n) is 9.05. The monoisotopic (exact) mass is 222 g/mol. The Labute approximate surface area is 93.3 Å². The van der Waals surface area contributed by atoms with Crippen LogP contribution in [-0.2, 0) is 0 Å². The zero-order chi connectivity index (χ0) is 11.5. The van der Waals surface area contributed by atoms with Crippen molar-refractivity contribution in [3.8, 4) is 0 Å². The van der Waals surface area contributed by atoms with Gasteiger partial charge in [0.05, 0.1) is 12.4 Å². The fourth-order valence-electron chi connectivity index (χ4n) is 1.80. The van der Waals surface area contributed by atoms with Crippen LogP contribution in [0.5, 0.6) is 0 Å². The first-order valence-corrected chi connectivity index (χ1v) is 5.18. The molecule has 1 aliphatic heterocycles. The molecule has 86 valence electrons. The van der Waals surface area contributed by atoms with E-state index in [1.54, 1.807) is 0 Å². The number of carboxylic acid groups (broad SMARTS) is 1. The van der Waals surface area contributed by atoms with Crippen LogP contribution < -0.4 is 10.2 Å². The SMILES string of the molecule is CN[C@@H]1CCN(c2cnc(C(=O)O)cn2)C1. The molecule has 6 heteroatoms. The Morgan fingerprint density at radius 2 is 2.38 bits per heavy atom. The fraction of sp³-hybridized carbons (Fsp3) is 0.500. The fourth-order valence-corrected chi connectivity index (χ4v) is 1.80. The van der Waals surface area contributed by atoms with E-state index in [0.717, 1.165) is 25.3 Å². The molecule has 2 N–H and O–H groups in total. The maximum Gasteiger partial charge on any atom is 0.356 e. The lowest BCUT2D eigenvalue weighted by Crippen LogP contribution is -2.29. The lowest BCUT2D eigenvalue weighted by atomic mass is 10.3. The summed E-state index contributed by atoms with van der Waals surface area (Å²) in [5.41, 5.74) is -0.0203. The maximum atomic E-state index is 10.6. The summed E-state index contributed by atoms with van der Waals surface area (Å²) in [4.78, 5) is 20.7. The first-order chi connectivity index (χ1) is 7.70. The maximum absolute atomic E-state index is 10.6. The molecule has 1 aromatic heterocycles. The van der Waals surface area contributed by atoms with E-state index in [9.17, 15) is 4.79 Å². The van der Waals surface area contributed by atoms with Crippen LogP contribution in [-0.4, -0.2) is 47.2 Å². The Morgan fingerprint density at radius 3 is 2.88 bits per heavy atom. The number of rotatable bonds is 3. The molecule has 1 fully saturated rings. The molecule has 0 aliphatic carbocycles.